The van der Waals surface area contributed by atoms with Crippen molar-refractivity contribution in [2.75, 3.05) is 26.2 Å². The third-order valence-electron chi connectivity index (χ3n) is 8.80. The van der Waals surface area contributed by atoms with Gasteiger partial charge in [-0.25, -0.2) is 0 Å². The van der Waals surface area contributed by atoms with Crippen LogP contribution in [-0.4, -0.2) is 90.9 Å². The Bertz CT molecular complexity index is 1190. The molecule has 1 aromatic rings. The van der Waals surface area contributed by atoms with E-state index in [1.165, 1.54) is 0 Å². The Balaban J connectivity index is 1.66. The van der Waals surface area contributed by atoms with Gasteiger partial charge in [-0.2, -0.15) is 0 Å². The molecular weight excluding hydrogens is 510 g/mol. The van der Waals surface area contributed by atoms with Gasteiger partial charge < -0.3 is 19.8 Å². The average molecular weight is 552 g/mol. The molecule has 2 saturated heterocycles. The summed E-state index contributed by atoms with van der Waals surface area (Å²) in [6, 6.07) is 8.36. The topological polar surface area (TPSA) is 81.2 Å². The molecule has 4 aliphatic heterocycles. The number of carbonyl (C=O) groups excluding carboxylic acids is 3. The van der Waals surface area contributed by atoms with Crippen molar-refractivity contribution in [2.24, 2.45) is 11.8 Å². The highest BCUT2D eigenvalue weighted by atomic mass is 32.2. The third-order valence-corrected chi connectivity index (χ3v) is 10.6. The van der Waals surface area contributed by atoms with Crippen molar-refractivity contribution in [2.45, 2.75) is 74.6 Å². The van der Waals surface area contributed by atoms with E-state index in [9.17, 15) is 19.5 Å². The predicted octanol–water partition coefficient (Wildman–Crippen LogP) is 3.28. The number of aliphatic hydroxyl groups excluding tert-OH is 1. The normalized spacial score (nSPS) is 33.1. The van der Waals surface area contributed by atoms with Crippen molar-refractivity contribution in [3.8, 4) is 0 Å². The number of hydrogen-bond donors (Lipinski definition) is 1. The van der Waals surface area contributed by atoms with Crippen LogP contribution in [-0.2, 0) is 20.8 Å². The summed E-state index contributed by atoms with van der Waals surface area (Å²) in [6.07, 6.45) is 9.46. The first-order valence-corrected chi connectivity index (χ1v) is 14.9. The molecule has 39 heavy (non-hydrogen) atoms. The zero-order valence-corrected chi connectivity index (χ0v) is 24.5. The second kappa shape index (κ2) is 10.1. The molecule has 1 unspecified atom stereocenters. The fourth-order valence-electron chi connectivity index (χ4n) is 7.12. The lowest BCUT2D eigenvalue weighted by Crippen LogP contribution is -2.60. The molecule has 1 aromatic carbocycles. The van der Waals surface area contributed by atoms with E-state index in [0.29, 0.717) is 26.1 Å². The Morgan fingerprint density at radius 3 is 2.33 bits per heavy atom. The van der Waals surface area contributed by atoms with Crippen LogP contribution in [0.3, 0.4) is 0 Å². The zero-order valence-electron chi connectivity index (χ0n) is 23.7. The van der Waals surface area contributed by atoms with E-state index in [2.05, 4.69) is 12.2 Å². The molecule has 210 valence electrons. The maximum atomic E-state index is 14.7. The molecule has 6 atom stereocenters. The van der Waals surface area contributed by atoms with E-state index in [-0.39, 0.29) is 24.3 Å². The summed E-state index contributed by atoms with van der Waals surface area (Å²) in [6.45, 7) is 11.4. The number of aliphatic hydroxyl groups is 1. The van der Waals surface area contributed by atoms with E-state index in [0.717, 1.165) is 12.0 Å². The minimum absolute atomic E-state index is 0.0194. The fraction of sp³-hybridized carbons (Fsp3) is 0.581. The van der Waals surface area contributed by atoms with Crippen LogP contribution >= 0.6 is 11.8 Å². The average Bonchev–Trinajstić information content (AvgIpc) is 3.16. The van der Waals surface area contributed by atoms with E-state index in [1.807, 2.05) is 86.9 Å². The van der Waals surface area contributed by atoms with Crippen molar-refractivity contribution in [1.29, 1.82) is 0 Å². The van der Waals surface area contributed by atoms with Crippen LogP contribution < -0.4 is 0 Å². The smallest absolute Gasteiger partial charge is 0.247 e. The van der Waals surface area contributed by atoms with Crippen LogP contribution in [0.25, 0.3) is 0 Å². The van der Waals surface area contributed by atoms with Crippen LogP contribution in [0.5, 0.6) is 0 Å². The molecule has 0 bridgehead atoms. The maximum Gasteiger partial charge on any atom is 0.247 e. The highest BCUT2D eigenvalue weighted by molar-refractivity contribution is 8.02. The number of benzene rings is 1. The lowest BCUT2D eigenvalue weighted by atomic mass is 9.74. The molecule has 7 nitrogen and oxygen atoms in total. The minimum Gasteiger partial charge on any atom is -0.394 e. The van der Waals surface area contributed by atoms with Gasteiger partial charge in [0.25, 0.3) is 0 Å². The van der Waals surface area contributed by atoms with Crippen LogP contribution in [0.4, 0.5) is 0 Å². The van der Waals surface area contributed by atoms with Crippen molar-refractivity contribution >= 4 is 29.5 Å². The van der Waals surface area contributed by atoms with Gasteiger partial charge in [0.15, 0.2) is 0 Å². The number of thioether (sulfide) groups is 1. The molecule has 0 radical (unpaired) electrons. The Hall–Kier alpha value is -2.58. The minimum atomic E-state index is -0.910. The first-order chi connectivity index (χ1) is 18.5. The van der Waals surface area contributed by atoms with Gasteiger partial charge in [-0.15, -0.1) is 11.8 Å². The summed E-state index contributed by atoms with van der Waals surface area (Å²) in [5.41, 5.74) is 0.527. The van der Waals surface area contributed by atoms with Crippen LogP contribution in [0.15, 0.2) is 54.6 Å². The molecule has 1 N–H and O–H groups in total. The third kappa shape index (κ3) is 4.44. The summed E-state index contributed by atoms with van der Waals surface area (Å²) < 4.78 is -1.53. The Labute approximate surface area is 236 Å². The van der Waals surface area contributed by atoms with Crippen molar-refractivity contribution in [3.63, 3.8) is 0 Å². The molecule has 0 saturated carbocycles. The van der Waals surface area contributed by atoms with E-state index >= 15 is 0 Å². The van der Waals surface area contributed by atoms with Gasteiger partial charge in [-0.3, -0.25) is 14.4 Å². The first kappa shape index (κ1) is 28.0. The van der Waals surface area contributed by atoms with Crippen molar-refractivity contribution < 1.29 is 19.5 Å². The molecular formula is C31H41N3O4S. The molecule has 4 aliphatic rings. The molecule has 2 fully saturated rings. The molecule has 4 heterocycles. The van der Waals surface area contributed by atoms with E-state index in [1.54, 1.807) is 16.7 Å². The van der Waals surface area contributed by atoms with Crippen molar-refractivity contribution in [3.05, 3.63) is 60.2 Å². The van der Waals surface area contributed by atoms with Crippen molar-refractivity contribution in [1.82, 2.24) is 14.7 Å². The first-order valence-electron chi connectivity index (χ1n) is 14.1. The highest BCUT2D eigenvalue weighted by Gasteiger charge is 2.74. The van der Waals surface area contributed by atoms with E-state index < -0.39 is 39.0 Å². The summed E-state index contributed by atoms with van der Waals surface area (Å²) >= 11 is 1.59. The Morgan fingerprint density at radius 2 is 1.69 bits per heavy atom. The molecule has 0 aliphatic carbocycles. The second-order valence-electron chi connectivity index (χ2n) is 12.5. The standard InChI is InChI=1S/C31H41N3O4S/c1-6-16-32-17-10-14-30(5)23(26(32)36)24-27(37)34(22(20-35)19-21-12-8-7-9-13-21)25-28(38)33(29(2,3)4)18-11-15-31(24,25)39-30/h7-15,22-25,35H,6,16-20H2,1-5H3/t22-,23+,24+,25?,30-,31+/m1/s1. The number of hydrogen-bond acceptors (Lipinski definition) is 5. The number of likely N-dealkylation sites (tertiary alicyclic amines) is 1. The van der Waals surface area contributed by atoms with Gasteiger partial charge in [0.05, 0.1) is 29.2 Å². The quantitative estimate of drug-likeness (QED) is 0.549. The molecule has 3 amide bonds. The van der Waals surface area contributed by atoms with Gasteiger partial charge in [0.1, 0.15) is 6.04 Å². The van der Waals surface area contributed by atoms with Gasteiger partial charge in [0, 0.05) is 29.9 Å². The van der Waals surface area contributed by atoms with Crippen LogP contribution in [0.2, 0.25) is 0 Å². The largest absolute Gasteiger partial charge is 0.394 e. The van der Waals surface area contributed by atoms with Gasteiger partial charge >= 0.3 is 0 Å². The number of rotatable bonds is 6. The monoisotopic (exact) mass is 551 g/mol. The second-order valence-corrected chi connectivity index (χ2v) is 14.3. The highest BCUT2D eigenvalue weighted by Crippen LogP contribution is 2.66. The molecule has 5 rings (SSSR count). The van der Waals surface area contributed by atoms with Gasteiger partial charge in [-0.05, 0) is 46.1 Å². The number of carbonyl (C=O) groups is 3. The summed E-state index contributed by atoms with van der Waals surface area (Å²) in [4.78, 5) is 48.7. The van der Waals surface area contributed by atoms with Gasteiger partial charge in [0.2, 0.25) is 17.7 Å². The lowest BCUT2D eigenvalue weighted by Gasteiger charge is -2.42. The predicted molar refractivity (Wildman–Crippen MR) is 154 cm³/mol. The lowest BCUT2D eigenvalue weighted by molar-refractivity contribution is -0.149. The number of fused-ring (bicyclic) bond motifs is 2. The Morgan fingerprint density at radius 1 is 1.00 bits per heavy atom. The van der Waals surface area contributed by atoms with Crippen LogP contribution in [0.1, 0.15) is 46.6 Å². The summed E-state index contributed by atoms with van der Waals surface area (Å²) in [5.74, 6) is -1.64. The maximum absolute atomic E-state index is 14.7. The number of nitrogens with zero attached hydrogens (tertiary/aromatic N) is 3. The molecule has 0 aromatic heterocycles. The summed E-state index contributed by atoms with van der Waals surface area (Å²) in [7, 11) is 0. The number of amides is 3. The fourth-order valence-corrected chi connectivity index (χ4v) is 9.26. The molecule has 8 heteroatoms. The zero-order chi connectivity index (χ0) is 28.2. The molecule has 1 spiro atoms. The van der Waals surface area contributed by atoms with Gasteiger partial charge in [-0.1, -0.05) is 61.6 Å². The van der Waals surface area contributed by atoms with Crippen LogP contribution in [0, 0.1) is 11.8 Å². The summed E-state index contributed by atoms with van der Waals surface area (Å²) in [5, 5.41) is 10.7. The SMILES string of the molecule is CCCN1CC=C[C@@]2(C)S[C@]34C=CCN(C(C)(C)C)C(=O)C3N([C@@H](CO)Cc3ccccc3)C(=O)[C@@H]4[C@H]2C1=O. The van der Waals surface area contributed by atoms with E-state index in [4.69, 9.17) is 0 Å². The Kier molecular flexibility index (Phi) is 7.25.